The van der Waals surface area contributed by atoms with Crippen molar-refractivity contribution in [1.82, 2.24) is 0 Å². The first kappa shape index (κ1) is 18.4. The minimum atomic E-state index is -1.42. The Bertz CT molecular complexity index is 132. The van der Waals surface area contributed by atoms with E-state index in [2.05, 4.69) is 40.0 Å². The number of hydrogen-bond acceptors (Lipinski definition) is 0. The first-order valence-electron chi connectivity index (χ1n) is 7.87. The third-order valence-corrected chi connectivity index (χ3v) is 16.2. The van der Waals surface area contributed by atoms with Crippen LogP contribution in [-0.2, 0) is 12.8 Å². The molecule has 0 aromatic heterocycles. The van der Waals surface area contributed by atoms with Crippen molar-refractivity contribution in [1.29, 1.82) is 0 Å². The van der Waals surface area contributed by atoms with Gasteiger partial charge < -0.3 is 0 Å². The molecule has 2 heteroatoms. The van der Waals surface area contributed by atoms with Crippen molar-refractivity contribution in [2.24, 2.45) is 0 Å². The molecule has 104 valence electrons. The Labute approximate surface area is 124 Å². The molecule has 0 fully saturated rings. The molecule has 0 saturated carbocycles. The van der Waals surface area contributed by atoms with Gasteiger partial charge in [-0.25, -0.2) is 0 Å². The van der Waals surface area contributed by atoms with Crippen LogP contribution < -0.4 is 0 Å². The molecule has 0 amide bonds. The maximum atomic E-state index is 2.98. The number of rotatable bonds is 12. The number of unbranched alkanes of at least 4 members (excludes halogenated alkanes) is 6. The molecule has 0 spiro atoms. The van der Waals surface area contributed by atoms with Gasteiger partial charge in [-0.1, -0.05) is 0 Å². The average molecular weight is 388 g/mol. The maximum absolute atomic E-state index is 2.98. The summed E-state index contributed by atoms with van der Waals surface area (Å²) in [5, 5.41) is 0. The van der Waals surface area contributed by atoms with Gasteiger partial charge in [0.25, 0.3) is 0 Å². The standard InChI is InChI=1S/3C5H11.HI.Ti/c3*1-3-5-4-2;;/h3*1,3-5H2,2H3;1H;/q;;;;+1/p-1. The summed E-state index contributed by atoms with van der Waals surface area (Å²) in [5.41, 5.74) is 0. The van der Waals surface area contributed by atoms with E-state index in [-0.39, 0.29) is 0 Å². The fraction of sp³-hybridized carbons (Fsp3) is 1.00. The predicted molar refractivity (Wildman–Crippen MR) is 87.0 cm³/mol. The summed E-state index contributed by atoms with van der Waals surface area (Å²) in [5.74, 6) is 0. The van der Waals surface area contributed by atoms with Crippen LogP contribution in [0.3, 0.4) is 0 Å². The van der Waals surface area contributed by atoms with Crippen LogP contribution in [0.25, 0.3) is 0 Å². The molecule has 0 unspecified atom stereocenters. The Morgan fingerprint density at radius 1 is 0.588 bits per heavy atom. The molecule has 0 radical (unpaired) electrons. The molecule has 0 saturated heterocycles. The van der Waals surface area contributed by atoms with E-state index in [4.69, 9.17) is 0 Å². The molecule has 17 heavy (non-hydrogen) atoms. The van der Waals surface area contributed by atoms with Gasteiger partial charge in [0.15, 0.2) is 0 Å². The Morgan fingerprint density at radius 2 is 0.882 bits per heavy atom. The molecule has 0 atom stereocenters. The Hall–Kier alpha value is 1.44. The van der Waals surface area contributed by atoms with Crippen molar-refractivity contribution < 1.29 is 12.8 Å². The second-order valence-electron chi connectivity index (χ2n) is 5.52. The van der Waals surface area contributed by atoms with E-state index in [1.165, 1.54) is 57.8 Å². The summed E-state index contributed by atoms with van der Waals surface area (Å²) in [6, 6.07) is 0. The second kappa shape index (κ2) is 12.5. The van der Waals surface area contributed by atoms with Gasteiger partial charge in [-0.3, -0.25) is 0 Å². The topological polar surface area (TPSA) is 0 Å². The summed E-state index contributed by atoms with van der Waals surface area (Å²) in [4.78, 5) is 0. The van der Waals surface area contributed by atoms with Gasteiger partial charge >= 0.3 is 125 Å². The van der Waals surface area contributed by atoms with Gasteiger partial charge in [0.1, 0.15) is 0 Å². The molecule has 0 aromatic rings. The number of hydrogen-bond donors (Lipinski definition) is 0. The zero-order chi connectivity index (χ0) is 13.0. The summed E-state index contributed by atoms with van der Waals surface area (Å²) < 4.78 is 4.92. The quantitative estimate of drug-likeness (QED) is 0.187. The summed E-state index contributed by atoms with van der Waals surface area (Å²) >= 11 is 1.56. The van der Waals surface area contributed by atoms with E-state index in [1.807, 2.05) is 0 Å². The van der Waals surface area contributed by atoms with E-state index in [9.17, 15) is 0 Å². The second-order valence-corrected chi connectivity index (χ2v) is 20.9. The first-order valence-corrected chi connectivity index (χ1v) is 16.2. The van der Waals surface area contributed by atoms with Gasteiger partial charge in [-0.05, 0) is 0 Å². The summed E-state index contributed by atoms with van der Waals surface area (Å²) in [7, 11) is 0. The molecule has 0 aliphatic rings. The van der Waals surface area contributed by atoms with E-state index < -0.39 is 12.8 Å². The van der Waals surface area contributed by atoms with Crippen LogP contribution in [0.5, 0.6) is 0 Å². The van der Waals surface area contributed by atoms with Crippen LogP contribution in [0.1, 0.15) is 78.6 Å². The minimum absolute atomic E-state index is 1.39. The summed E-state index contributed by atoms with van der Waals surface area (Å²) in [6.45, 7) is 6.99. The van der Waals surface area contributed by atoms with E-state index >= 15 is 0 Å². The molecule has 0 nitrogen and oxygen atoms in total. The molecule has 0 aliphatic heterocycles. The molecule has 0 bridgehead atoms. The van der Waals surface area contributed by atoms with Crippen LogP contribution >= 0.6 is 19.2 Å². The predicted octanol–water partition coefficient (Wildman–Crippen LogP) is 7.32. The fourth-order valence-corrected chi connectivity index (χ4v) is 12.5. The van der Waals surface area contributed by atoms with Gasteiger partial charge in [0.05, 0.1) is 0 Å². The van der Waals surface area contributed by atoms with Crippen molar-refractivity contribution in [2.75, 3.05) is 0 Å². The molecular formula is C15H33ITi. The molecule has 0 aromatic carbocycles. The molecule has 0 aliphatic carbocycles. The number of halogens is 1. The SMILES string of the molecule is CCCC[CH2][Ti]([I])([CH2]CCCC)[CH2]CCCC. The van der Waals surface area contributed by atoms with Gasteiger partial charge in [-0.15, -0.1) is 0 Å². The monoisotopic (exact) mass is 388 g/mol. The van der Waals surface area contributed by atoms with Crippen LogP contribution in [0, 0.1) is 0 Å². The van der Waals surface area contributed by atoms with Crippen LogP contribution in [0.2, 0.25) is 14.2 Å². The van der Waals surface area contributed by atoms with Gasteiger partial charge in [0.2, 0.25) is 0 Å². The van der Waals surface area contributed by atoms with Crippen molar-refractivity contribution in [3.8, 4) is 0 Å². The zero-order valence-electron chi connectivity index (χ0n) is 12.4. The van der Waals surface area contributed by atoms with Crippen LogP contribution in [-0.4, -0.2) is 0 Å². The zero-order valence-corrected chi connectivity index (χ0v) is 16.1. The molecule has 0 N–H and O–H groups in total. The van der Waals surface area contributed by atoms with Crippen LogP contribution in [0.15, 0.2) is 0 Å². The fourth-order valence-electron chi connectivity index (χ4n) is 2.45. The van der Waals surface area contributed by atoms with E-state index in [0.29, 0.717) is 0 Å². The molecular weight excluding hydrogens is 355 g/mol. The molecule has 0 heterocycles. The van der Waals surface area contributed by atoms with Crippen LogP contribution in [0.4, 0.5) is 0 Å². The van der Waals surface area contributed by atoms with Gasteiger partial charge in [0, 0.05) is 0 Å². The molecule has 0 rings (SSSR count). The Balaban J connectivity index is 3.95. The third-order valence-electron chi connectivity index (χ3n) is 3.69. The van der Waals surface area contributed by atoms with Gasteiger partial charge in [-0.2, -0.15) is 0 Å². The average Bonchev–Trinajstić information content (AvgIpc) is 2.30. The Kier molecular flexibility index (Phi) is 13.5. The van der Waals surface area contributed by atoms with E-state index in [1.54, 1.807) is 14.2 Å². The third kappa shape index (κ3) is 11.0. The van der Waals surface area contributed by atoms with Crippen molar-refractivity contribution >= 4 is 19.2 Å². The van der Waals surface area contributed by atoms with Crippen molar-refractivity contribution in [3.05, 3.63) is 0 Å². The Morgan fingerprint density at radius 3 is 1.12 bits per heavy atom. The van der Waals surface area contributed by atoms with Crippen molar-refractivity contribution in [2.45, 2.75) is 92.7 Å². The first-order chi connectivity index (χ1) is 8.18. The van der Waals surface area contributed by atoms with Crippen molar-refractivity contribution in [3.63, 3.8) is 0 Å². The normalized spacial score (nSPS) is 12.0. The van der Waals surface area contributed by atoms with E-state index in [0.717, 1.165) is 0 Å². The summed E-state index contributed by atoms with van der Waals surface area (Å²) in [6.07, 6.45) is 13.1.